The third-order valence-corrected chi connectivity index (χ3v) is 19.1. The van der Waals surface area contributed by atoms with Crippen LogP contribution in [0, 0.1) is 0 Å². The first-order valence-electron chi connectivity index (χ1n) is 37.9. The number of rotatable bonds is 35. The molecular formula is C82H118N6O18. The van der Waals surface area contributed by atoms with Gasteiger partial charge in [-0.05, 0) is 212 Å². The van der Waals surface area contributed by atoms with Crippen molar-refractivity contribution in [3.63, 3.8) is 0 Å². The van der Waals surface area contributed by atoms with E-state index in [1.807, 2.05) is 102 Å². The number of benzene rings is 4. The number of carboxylic acids is 1. The molecule has 4 aliphatic rings. The molecule has 2 saturated carbocycles. The largest absolute Gasteiger partial charge is 0.493 e. The number of carboxylic acid groups (broad SMARTS) is 1. The van der Waals surface area contributed by atoms with Gasteiger partial charge in [-0.1, -0.05) is 37.6 Å². The number of amides is 6. The molecule has 4 atom stereocenters. The van der Waals surface area contributed by atoms with E-state index < -0.39 is 29.4 Å². The predicted octanol–water partition coefficient (Wildman–Crippen LogP) is 13.4. The molecule has 2 aliphatic carbocycles. The van der Waals surface area contributed by atoms with Gasteiger partial charge in [0.2, 0.25) is 11.8 Å². The zero-order valence-corrected chi connectivity index (χ0v) is 65.5. The fourth-order valence-electron chi connectivity index (χ4n) is 13.7. The van der Waals surface area contributed by atoms with E-state index in [9.17, 15) is 43.5 Å². The molecule has 4 aromatic rings. The van der Waals surface area contributed by atoms with Gasteiger partial charge >= 0.3 is 24.1 Å². The second-order valence-electron chi connectivity index (χ2n) is 30.5. The van der Waals surface area contributed by atoms with Crippen LogP contribution in [0.1, 0.15) is 219 Å². The first-order valence-corrected chi connectivity index (χ1v) is 37.9. The maximum Gasteiger partial charge on any atom is 0.410 e. The monoisotopic (exact) mass is 1470 g/mol. The van der Waals surface area contributed by atoms with Crippen LogP contribution < -0.4 is 18.9 Å². The Bertz CT molecular complexity index is 3560. The van der Waals surface area contributed by atoms with Gasteiger partial charge in [0.15, 0.2) is 23.0 Å². The summed E-state index contributed by atoms with van der Waals surface area (Å²) in [6, 6.07) is 23.1. The number of likely N-dealkylation sites (tertiary alicyclic amines) is 2. The first-order chi connectivity index (χ1) is 50.5. The summed E-state index contributed by atoms with van der Waals surface area (Å²) in [5.41, 5.74) is 1.51. The average molecular weight is 1480 g/mol. The number of piperidine rings is 2. The average Bonchev–Trinajstić information content (AvgIpc) is 1.03. The molecule has 24 heteroatoms. The van der Waals surface area contributed by atoms with Crippen molar-refractivity contribution >= 4 is 47.8 Å². The lowest BCUT2D eigenvalue weighted by molar-refractivity contribution is -0.132. The van der Waals surface area contributed by atoms with Crippen LogP contribution in [-0.4, -0.2) is 229 Å². The van der Waals surface area contributed by atoms with E-state index in [1.54, 1.807) is 111 Å². The summed E-state index contributed by atoms with van der Waals surface area (Å²) in [5, 5.41) is 9.39. The molecule has 2 heterocycles. The zero-order chi connectivity index (χ0) is 77.4. The van der Waals surface area contributed by atoms with Gasteiger partial charge in [0.05, 0.1) is 70.1 Å². The van der Waals surface area contributed by atoms with E-state index in [2.05, 4.69) is 0 Å². The van der Waals surface area contributed by atoms with Crippen molar-refractivity contribution in [3.8, 4) is 23.0 Å². The number of carbonyl (C=O) groups is 8. The third-order valence-electron chi connectivity index (χ3n) is 19.1. The molecule has 4 aromatic carbocycles. The smallest absolute Gasteiger partial charge is 0.410 e. The van der Waals surface area contributed by atoms with Crippen LogP contribution in [0.5, 0.6) is 23.0 Å². The van der Waals surface area contributed by atoms with Crippen LogP contribution in [0.15, 0.2) is 84.9 Å². The number of aromatic carboxylic acids is 1. The van der Waals surface area contributed by atoms with Crippen LogP contribution in [0.4, 0.5) is 9.59 Å². The molecule has 1 N–H and O–H groups in total. The van der Waals surface area contributed by atoms with Crippen molar-refractivity contribution < 1.29 is 86.1 Å². The van der Waals surface area contributed by atoms with Gasteiger partial charge in [-0.2, -0.15) is 0 Å². The summed E-state index contributed by atoms with van der Waals surface area (Å²) < 4.78 is 50.3. The molecule has 4 fully saturated rings. The van der Waals surface area contributed by atoms with Crippen molar-refractivity contribution in [3.05, 3.63) is 118 Å². The lowest BCUT2D eigenvalue weighted by Crippen LogP contribution is -2.58. The highest BCUT2D eigenvalue weighted by Crippen LogP contribution is 2.37. The fraction of sp³-hybridized carbons (Fsp3) is 0.610. The highest BCUT2D eigenvalue weighted by Gasteiger charge is 2.43. The maximum atomic E-state index is 14.2. The molecule has 0 aromatic heterocycles. The highest BCUT2D eigenvalue weighted by atomic mass is 16.6. The van der Waals surface area contributed by atoms with E-state index in [-0.39, 0.29) is 96.3 Å². The molecule has 6 amide bonds. The van der Waals surface area contributed by atoms with E-state index >= 15 is 0 Å². The predicted molar refractivity (Wildman–Crippen MR) is 403 cm³/mol. The Balaban J connectivity index is 0.000000297. The van der Waals surface area contributed by atoms with Gasteiger partial charge in [-0.15, -0.1) is 0 Å². The van der Waals surface area contributed by atoms with Gasteiger partial charge in [0.25, 0.3) is 11.8 Å². The Morgan fingerprint density at radius 2 is 0.887 bits per heavy atom. The standard InChI is InChI=1S/C43H63N3O9.C39H55N3O9/c1-9-10-24-54-41(49)33-14-11-13-31(26-33)27-39(47)44(34-16-17-34)22-21-35-18-19-36(29-45(35)42(50)55-43(4,5)6)46(30(2)3)40(48)32-15-20-37(52-8)38(28-32)53-25-12-23-51-7;1-26(2)42(36(44)28-12-17-33(49-7)34(24-28)50-21-9-20-48-6)32-16-15-31(41(25-32)38(47)51-39(3,4)5)18-19-40(30-13-14-30)35(43)23-27-10-8-11-29(22-27)37(45)46/h11,13-15,20,26,28,30,34-36H,9-10,12,16-19,21-25,27,29H2,1-8H3;8,10-12,17,22,24,26,30-32H,9,13-16,18-21,23,25H2,1-7H3,(H,45,46)/t35-,36-;31-,32-/m11/s1. The van der Waals surface area contributed by atoms with Crippen LogP contribution in [0.3, 0.4) is 0 Å². The molecule has 8 rings (SSSR count). The molecule has 0 spiro atoms. The SMILES string of the molecule is CCCCOC(=O)c1cccc(CC(=O)N(CC[C@H]2CC[C@@H](N(C(=O)c3ccc(OC)c(OCCCOC)c3)C(C)C)CN2C(=O)OC(C)(C)C)C2CC2)c1.COCCCOc1cc(C(=O)N(C(C)C)[C@@H]2CC[C@H](CCN(C(=O)Cc3cccc(C(=O)O)c3)C3CC3)N(C(=O)OC(C)(C)C)C2)ccc1OC. The molecule has 0 bridgehead atoms. The van der Waals surface area contributed by atoms with Gasteiger partial charge in [-0.25, -0.2) is 19.2 Å². The topological polar surface area (TPSA) is 259 Å². The van der Waals surface area contributed by atoms with Crippen LogP contribution in [0.2, 0.25) is 0 Å². The summed E-state index contributed by atoms with van der Waals surface area (Å²) >= 11 is 0. The Morgan fingerprint density at radius 1 is 0.481 bits per heavy atom. The van der Waals surface area contributed by atoms with Crippen molar-refractivity contribution in [1.29, 1.82) is 0 Å². The number of carbonyl (C=O) groups excluding carboxylic acids is 7. The number of unbranched alkanes of at least 4 members (excludes halogenated alkanes) is 1. The number of methoxy groups -OCH3 is 4. The van der Waals surface area contributed by atoms with E-state index in [0.29, 0.717) is 156 Å². The minimum absolute atomic E-state index is 0.00498. The Labute approximate surface area is 627 Å². The second-order valence-corrected chi connectivity index (χ2v) is 30.5. The molecular weight excluding hydrogens is 1360 g/mol. The molecule has 0 radical (unpaired) electrons. The molecule has 2 aliphatic heterocycles. The maximum absolute atomic E-state index is 14.2. The molecule has 106 heavy (non-hydrogen) atoms. The van der Waals surface area contributed by atoms with Crippen molar-refractivity contribution in [2.45, 2.75) is 238 Å². The van der Waals surface area contributed by atoms with Crippen molar-refractivity contribution in [2.75, 3.05) is 87.7 Å². The second kappa shape index (κ2) is 40.4. The normalized spacial score (nSPS) is 17.3. The van der Waals surface area contributed by atoms with Crippen molar-refractivity contribution in [1.82, 2.24) is 29.4 Å². The summed E-state index contributed by atoms with van der Waals surface area (Å²) in [5.74, 6) is 0.233. The summed E-state index contributed by atoms with van der Waals surface area (Å²) in [6.45, 7) is 24.8. The molecule has 584 valence electrons. The zero-order valence-electron chi connectivity index (χ0n) is 65.5. The Morgan fingerprint density at radius 3 is 1.25 bits per heavy atom. The van der Waals surface area contributed by atoms with E-state index in [4.69, 9.17) is 42.6 Å². The fourth-order valence-corrected chi connectivity index (χ4v) is 13.7. The number of ether oxygens (including phenoxy) is 9. The Hall–Kier alpha value is -8.64. The minimum atomic E-state index is -1.03. The molecule has 2 saturated heterocycles. The quantitative estimate of drug-likeness (QED) is 0.0255. The molecule has 24 nitrogen and oxygen atoms in total. The highest BCUT2D eigenvalue weighted by molar-refractivity contribution is 5.96. The Kier molecular flexibility index (Phi) is 32.2. The lowest BCUT2D eigenvalue weighted by atomic mass is 9.93. The van der Waals surface area contributed by atoms with Gasteiger partial charge in [-0.3, -0.25) is 19.2 Å². The van der Waals surface area contributed by atoms with E-state index in [0.717, 1.165) is 44.1 Å². The first kappa shape index (κ1) is 84.6. The summed E-state index contributed by atoms with van der Waals surface area (Å²) in [7, 11) is 6.40. The van der Waals surface area contributed by atoms with Crippen LogP contribution in [-0.2, 0) is 46.1 Å². The van der Waals surface area contributed by atoms with E-state index in [1.165, 1.54) is 6.07 Å². The van der Waals surface area contributed by atoms with Crippen LogP contribution in [0.25, 0.3) is 0 Å². The number of nitrogens with zero attached hydrogens (tertiary/aromatic N) is 6. The van der Waals surface area contributed by atoms with Crippen molar-refractivity contribution in [2.24, 2.45) is 0 Å². The number of hydrogen-bond donors (Lipinski definition) is 1. The van der Waals surface area contributed by atoms with Crippen LogP contribution >= 0.6 is 0 Å². The number of esters is 1. The molecule has 0 unspecified atom stereocenters. The van der Waals surface area contributed by atoms with Gasteiger partial charge in [0, 0.05) is 114 Å². The lowest BCUT2D eigenvalue weighted by Gasteiger charge is -2.45. The third kappa shape index (κ3) is 25.5. The number of hydrogen-bond acceptors (Lipinski definition) is 17. The van der Waals surface area contributed by atoms with Gasteiger partial charge < -0.3 is 77.1 Å². The minimum Gasteiger partial charge on any atom is -0.493 e. The van der Waals surface area contributed by atoms with Gasteiger partial charge in [0.1, 0.15) is 11.2 Å². The summed E-state index contributed by atoms with van der Waals surface area (Å²) in [4.78, 5) is 118. The summed E-state index contributed by atoms with van der Waals surface area (Å²) in [6.07, 6.45) is 10.00.